The minimum Gasteiger partial charge on any atom is -0.456 e. The molecular weight excluding hydrogens is 424 g/mol. The number of nitrogens with zero attached hydrogens (tertiary/aromatic N) is 2. The van der Waals surface area contributed by atoms with E-state index in [1.54, 1.807) is 0 Å². The van der Waals surface area contributed by atoms with Crippen LogP contribution in [0.1, 0.15) is 0 Å². The smallest absolute Gasteiger partial charge is 0.190 e. The summed E-state index contributed by atoms with van der Waals surface area (Å²) in [6.45, 7) is 7.48. The Kier molecular flexibility index (Phi) is 3.38. The molecule has 0 saturated carbocycles. The third kappa shape index (κ3) is 2.28. The van der Waals surface area contributed by atoms with E-state index in [-0.39, 0.29) is 0 Å². The molecule has 0 radical (unpaired) electrons. The number of rotatable bonds is 1. The molecule has 0 aliphatic carbocycles. The number of halogens is 1. The van der Waals surface area contributed by atoms with Gasteiger partial charge in [0.25, 0.3) is 0 Å². The van der Waals surface area contributed by atoms with E-state index < -0.39 is 0 Å². The SMILES string of the molecule is [C-]#[N+]c1cc(Br)cc(-n2c3ccccc3c3ccc4oc5ccccc5c4c32)c1. The standard InChI is InChI=1S/C25H13BrN2O/c1-27-16-12-15(26)13-17(14-16)28-21-8-4-2-6-18(21)19-10-11-23-24(25(19)28)20-7-3-5-9-22(20)29-23/h2-14H. The minimum absolute atomic E-state index is 0.601. The first-order valence-electron chi connectivity index (χ1n) is 9.26. The molecule has 0 atom stereocenters. The maximum Gasteiger partial charge on any atom is 0.190 e. The van der Waals surface area contributed by atoms with E-state index in [0.717, 1.165) is 43.1 Å². The summed E-state index contributed by atoms with van der Waals surface area (Å²) in [6.07, 6.45) is 0. The van der Waals surface area contributed by atoms with Crippen molar-refractivity contribution in [3.05, 3.63) is 94.8 Å². The maximum atomic E-state index is 7.48. The van der Waals surface area contributed by atoms with Crippen LogP contribution in [0.2, 0.25) is 0 Å². The van der Waals surface area contributed by atoms with Crippen LogP contribution in [0.4, 0.5) is 5.69 Å². The van der Waals surface area contributed by atoms with Crippen LogP contribution in [0.3, 0.4) is 0 Å². The molecule has 0 bridgehead atoms. The summed E-state index contributed by atoms with van der Waals surface area (Å²) in [6, 6.07) is 26.6. The van der Waals surface area contributed by atoms with Crippen molar-refractivity contribution < 1.29 is 4.42 Å². The van der Waals surface area contributed by atoms with E-state index in [2.05, 4.69) is 73.9 Å². The molecule has 0 aliphatic heterocycles. The molecule has 0 N–H and O–H groups in total. The number of fused-ring (bicyclic) bond motifs is 7. The summed E-state index contributed by atoms with van der Waals surface area (Å²) < 4.78 is 9.27. The molecule has 3 nitrogen and oxygen atoms in total. The molecule has 2 heterocycles. The molecule has 0 spiro atoms. The van der Waals surface area contributed by atoms with Crippen molar-refractivity contribution in [3.8, 4) is 5.69 Å². The van der Waals surface area contributed by atoms with Gasteiger partial charge in [-0.1, -0.05) is 52.3 Å². The molecule has 136 valence electrons. The van der Waals surface area contributed by atoms with Crippen molar-refractivity contribution in [1.82, 2.24) is 4.57 Å². The van der Waals surface area contributed by atoms with Crippen molar-refractivity contribution in [2.24, 2.45) is 0 Å². The zero-order valence-corrected chi connectivity index (χ0v) is 16.8. The normalized spacial score (nSPS) is 11.6. The van der Waals surface area contributed by atoms with Gasteiger partial charge >= 0.3 is 0 Å². The van der Waals surface area contributed by atoms with E-state index in [1.165, 1.54) is 10.8 Å². The number of hydrogen-bond donors (Lipinski definition) is 0. The Hall–Kier alpha value is -3.55. The van der Waals surface area contributed by atoms with Gasteiger partial charge in [-0.05, 0) is 42.5 Å². The van der Waals surface area contributed by atoms with Gasteiger partial charge in [-0.2, -0.15) is 0 Å². The molecule has 0 amide bonds. The van der Waals surface area contributed by atoms with E-state index in [0.29, 0.717) is 5.69 Å². The fourth-order valence-electron chi connectivity index (χ4n) is 4.29. The number of hydrogen-bond acceptors (Lipinski definition) is 1. The largest absolute Gasteiger partial charge is 0.456 e. The Morgan fingerprint density at radius 2 is 1.59 bits per heavy atom. The van der Waals surface area contributed by atoms with Gasteiger partial charge < -0.3 is 8.98 Å². The highest BCUT2D eigenvalue weighted by Gasteiger charge is 2.18. The molecule has 4 heteroatoms. The number of benzene rings is 4. The summed E-state index contributed by atoms with van der Waals surface area (Å²) in [5, 5.41) is 4.54. The van der Waals surface area contributed by atoms with Gasteiger partial charge in [0.2, 0.25) is 0 Å². The lowest BCUT2D eigenvalue weighted by molar-refractivity contribution is 0.669. The molecule has 0 saturated heterocycles. The van der Waals surface area contributed by atoms with Crippen LogP contribution >= 0.6 is 15.9 Å². The molecular formula is C25H13BrN2O. The predicted octanol–water partition coefficient (Wildman–Crippen LogP) is 8.00. The molecule has 6 aromatic rings. The monoisotopic (exact) mass is 436 g/mol. The van der Waals surface area contributed by atoms with Crippen molar-refractivity contribution >= 4 is 65.4 Å². The molecule has 4 aromatic carbocycles. The van der Waals surface area contributed by atoms with E-state index in [9.17, 15) is 0 Å². The molecule has 0 unspecified atom stereocenters. The Bertz CT molecular complexity index is 1630. The van der Waals surface area contributed by atoms with Crippen LogP contribution in [0, 0.1) is 6.57 Å². The zero-order valence-electron chi connectivity index (χ0n) is 15.2. The van der Waals surface area contributed by atoms with Crippen LogP contribution in [0.5, 0.6) is 0 Å². The van der Waals surface area contributed by atoms with E-state index >= 15 is 0 Å². The number of para-hydroxylation sites is 2. The fourth-order valence-corrected chi connectivity index (χ4v) is 4.76. The van der Waals surface area contributed by atoms with Crippen LogP contribution in [-0.2, 0) is 0 Å². The molecule has 0 fully saturated rings. The fraction of sp³-hybridized carbons (Fsp3) is 0. The minimum atomic E-state index is 0.601. The lowest BCUT2D eigenvalue weighted by atomic mass is 10.1. The lowest BCUT2D eigenvalue weighted by Gasteiger charge is -2.10. The first-order chi connectivity index (χ1) is 14.2. The predicted molar refractivity (Wildman–Crippen MR) is 122 cm³/mol. The highest BCUT2D eigenvalue weighted by Crippen LogP contribution is 2.41. The van der Waals surface area contributed by atoms with Gasteiger partial charge in [0.15, 0.2) is 5.69 Å². The van der Waals surface area contributed by atoms with Crippen molar-refractivity contribution in [1.29, 1.82) is 0 Å². The molecule has 29 heavy (non-hydrogen) atoms. The first-order valence-corrected chi connectivity index (χ1v) is 10.1. The van der Waals surface area contributed by atoms with E-state index in [4.69, 9.17) is 11.0 Å². The average molecular weight is 437 g/mol. The van der Waals surface area contributed by atoms with Crippen LogP contribution in [0.15, 0.2) is 87.8 Å². The topological polar surface area (TPSA) is 22.4 Å². The van der Waals surface area contributed by atoms with Crippen molar-refractivity contribution in [2.45, 2.75) is 0 Å². The quantitative estimate of drug-likeness (QED) is 0.239. The van der Waals surface area contributed by atoms with Crippen LogP contribution in [0.25, 0.3) is 54.3 Å². The summed E-state index contributed by atoms with van der Waals surface area (Å²) in [5.41, 5.74) is 5.50. The maximum absolute atomic E-state index is 7.48. The summed E-state index contributed by atoms with van der Waals surface area (Å²) in [5.74, 6) is 0. The van der Waals surface area contributed by atoms with Gasteiger partial charge in [-0.3, -0.25) is 0 Å². The van der Waals surface area contributed by atoms with Gasteiger partial charge in [-0.15, -0.1) is 0 Å². The second kappa shape index (κ2) is 5.97. The Morgan fingerprint density at radius 3 is 2.45 bits per heavy atom. The molecule has 6 rings (SSSR count). The summed E-state index contributed by atoms with van der Waals surface area (Å²) in [4.78, 5) is 3.65. The third-order valence-corrected chi connectivity index (χ3v) is 5.89. The zero-order chi connectivity index (χ0) is 19.5. The van der Waals surface area contributed by atoms with Gasteiger partial charge in [-0.25, -0.2) is 4.85 Å². The van der Waals surface area contributed by atoms with Crippen LogP contribution < -0.4 is 0 Å². The second-order valence-corrected chi connectivity index (χ2v) is 7.98. The summed E-state index contributed by atoms with van der Waals surface area (Å²) in [7, 11) is 0. The van der Waals surface area contributed by atoms with Gasteiger partial charge in [0, 0.05) is 26.3 Å². The highest BCUT2D eigenvalue weighted by molar-refractivity contribution is 9.10. The second-order valence-electron chi connectivity index (χ2n) is 7.07. The van der Waals surface area contributed by atoms with Crippen LogP contribution in [-0.4, -0.2) is 4.57 Å². The Morgan fingerprint density at radius 1 is 0.793 bits per heavy atom. The van der Waals surface area contributed by atoms with Gasteiger partial charge in [0.05, 0.1) is 23.0 Å². The van der Waals surface area contributed by atoms with Crippen molar-refractivity contribution in [2.75, 3.05) is 0 Å². The summed E-state index contributed by atoms with van der Waals surface area (Å²) >= 11 is 3.57. The Labute approximate surface area is 174 Å². The highest BCUT2D eigenvalue weighted by atomic mass is 79.9. The first kappa shape index (κ1) is 16.4. The average Bonchev–Trinajstić information content (AvgIpc) is 3.28. The number of aromatic nitrogens is 1. The molecule has 0 aliphatic rings. The van der Waals surface area contributed by atoms with Crippen molar-refractivity contribution in [3.63, 3.8) is 0 Å². The van der Waals surface area contributed by atoms with E-state index in [1.807, 2.05) is 30.3 Å². The third-order valence-electron chi connectivity index (χ3n) is 5.43. The number of furan rings is 1. The lowest BCUT2D eigenvalue weighted by Crippen LogP contribution is -1.94. The Balaban J connectivity index is 1.91. The van der Waals surface area contributed by atoms with Gasteiger partial charge in [0.1, 0.15) is 11.2 Å². The molecule has 2 aromatic heterocycles.